The van der Waals surface area contributed by atoms with E-state index in [2.05, 4.69) is 27.1 Å². The van der Waals surface area contributed by atoms with Crippen molar-refractivity contribution in [3.63, 3.8) is 0 Å². The molecule has 1 rings (SSSR count). The molecule has 114 valence electrons. The molecule has 1 aromatic rings. The zero-order valence-corrected chi connectivity index (χ0v) is 12.2. The molecule has 0 aliphatic carbocycles. The fourth-order valence-corrected chi connectivity index (χ4v) is 1.90. The maximum Gasteiger partial charge on any atom is 0.451 e. The van der Waals surface area contributed by atoms with Crippen molar-refractivity contribution in [2.75, 3.05) is 31.5 Å². The van der Waals surface area contributed by atoms with Crippen LogP contribution in [-0.4, -0.2) is 41.0 Å². The number of halogens is 4. The van der Waals surface area contributed by atoms with E-state index in [1.807, 2.05) is 6.92 Å². The van der Waals surface area contributed by atoms with Crippen molar-refractivity contribution in [1.82, 2.24) is 14.9 Å². The van der Waals surface area contributed by atoms with Crippen molar-refractivity contribution in [1.29, 1.82) is 0 Å². The summed E-state index contributed by atoms with van der Waals surface area (Å²) in [6, 6.07) is 1.28. The Morgan fingerprint density at radius 1 is 1.25 bits per heavy atom. The predicted molar refractivity (Wildman–Crippen MR) is 72.9 cm³/mol. The third-order valence-electron chi connectivity index (χ3n) is 2.67. The van der Waals surface area contributed by atoms with Gasteiger partial charge in [0, 0.05) is 19.2 Å². The van der Waals surface area contributed by atoms with Gasteiger partial charge in [0.05, 0.1) is 0 Å². The molecule has 8 heteroatoms. The minimum Gasteiger partial charge on any atom is -0.369 e. The van der Waals surface area contributed by atoms with Crippen LogP contribution in [0.1, 0.15) is 26.1 Å². The third kappa shape index (κ3) is 5.50. The van der Waals surface area contributed by atoms with E-state index >= 15 is 0 Å². The number of hydrogen-bond donors (Lipinski definition) is 1. The lowest BCUT2D eigenvalue weighted by Crippen LogP contribution is -2.29. The van der Waals surface area contributed by atoms with E-state index < -0.39 is 12.0 Å². The average Bonchev–Trinajstić information content (AvgIpc) is 2.36. The second kappa shape index (κ2) is 7.64. The molecule has 0 aromatic carbocycles. The van der Waals surface area contributed by atoms with E-state index in [0.717, 1.165) is 26.1 Å². The SMILES string of the molecule is CCCN(CC)CCNc1cc(Cl)nc(C(F)(F)F)n1. The molecule has 4 nitrogen and oxygen atoms in total. The molecule has 1 N–H and O–H groups in total. The highest BCUT2D eigenvalue weighted by atomic mass is 35.5. The summed E-state index contributed by atoms with van der Waals surface area (Å²) < 4.78 is 37.6. The van der Waals surface area contributed by atoms with Crippen LogP contribution < -0.4 is 5.32 Å². The van der Waals surface area contributed by atoms with Crippen LogP contribution in [0.3, 0.4) is 0 Å². The summed E-state index contributed by atoms with van der Waals surface area (Å²) in [5, 5.41) is 2.62. The number of alkyl halides is 3. The second-order valence-electron chi connectivity index (χ2n) is 4.26. The number of rotatable bonds is 7. The Balaban J connectivity index is 2.62. The van der Waals surface area contributed by atoms with Crippen molar-refractivity contribution >= 4 is 17.4 Å². The third-order valence-corrected chi connectivity index (χ3v) is 2.86. The fourth-order valence-electron chi connectivity index (χ4n) is 1.72. The summed E-state index contributed by atoms with van der Waals surface area (Å²) in [5.41, 5.74) is 0. The molecule has 0 atom stereocenters. The van der Waals surface area contributed by atoms with E-state index in [-0.39, 0.29) is 11.0 Å². The van der Waals surface area contributed by atoms with Crippen molar-refractivity contribution in [3.8, 4) is 0 Å². The van der Waals surface area contributed by atoms with Crippen LogP contribution in [0.2, 0.25) is 5.15 Å². The summed E-state index contributed by atoms with van der Waals surface area (Å²) in [6.07, 6.45) is -3.57. The molecule has 0 bridgehead atoms. The van der Waals surface area contributed by atoms with E-state index in [0.29, 0.717) is 6.54 Å². The minimum atomic E-state index is -4.60. The molecule has 0 unspecified atom stereocenters. The van der Waals surface area contributed by atoms with Gasteiger partial charge in [-0.3, -0.25) is 0 Å². The maximum atomic E-state index is 12.5. The van der Waals surface area contributed by atoms with Gasteiger partial charge in [-0.05, 0) is 19.5 Å². The lowest BCUT2D eigenvalue weighted by Gasteiger charge is -2.19. The van der Waals surface area contributed by atoms with Gasteiger partial charge >= 0.3 is 6.18 Å². The molecule has 0 aliphatic rings. The summed E-state index contributed by atoms with van der Waals surface area (Å²) in [7, 11) is 0. The molecule has 0 saturated heterocycles. The van der Waals surface area contributed by atoms with Crippen LogP contribution in [-0.2, 0) is 6.18 Å². The molecule has 0 aliphatic heterocycles. The molecular formula is C12H18ClF3N4. The Labute approximate surface area is 121 Å². The van der Waals surface area contributed by atoms with Gasteiger partial charge in [0.1, 0.15) is 11.0 Å². The maximum absolute atomic E-state index is 12.5. The van der Waals surface area contributed by atoms with Crippen LogP contribution in [0, 0.1) is 0 Å². The summed E-state index contributed by atoms with van der Waals surface area (Å²) in [6.45, 7) is 7.20. The predicted octanol–water partition coefficient (Wildman–Crippen LogP) is 3.29. The van der Waals surface area contributed by atoms with E-state index in [1.54, 1.807) is 0 Å². The quantitative estimate of drug-likeness (QED) is 0.785. The van der Waals surface area contributed by atoms with E-state index in [9.17, 15) is 13.2 Å². The molecule has 0 saturated carbocycles. The first-order valence-corrected chi connectivity index (χ1v) is 6.82. The van der Waals surface area contributed by atoms with Crippen molar-refractivity contribution in [3.05, 3.63) is 17.0 Å². The highest BCUT2D eigenvalue weighted by Gasteiger charge is 2.35. The van der Waals surface area contributed by atoms with Gasteiger partial charge in [0.2, 0.25) is 5.82 Å². The Morgan fingerprint density at radius 2 is 1.95 bits per heavy atom. The monoisotopic (exact) mass is 310 g/mol. The van der Waals surface area contributed by atoms with E-state index in [1.165, 1.54) is 6.07 Å². The van der Waals surface area contributed by atoms with Crippen LogP contribution in [0.5, 0.6) is 0 Å². The number of hydrogen-bond acceptors (Lipinski definition) is 4. The van der Waals surface area contributed by atoms with Gasteiger partial charge in [-0.1, -0.05) is 25.4 Å². The van der Waals surface area contributed by atoms with Gasteiger partial charge in [0.25, 0.3) is 0 Å². The van der Waals surface area contributed by atoms with E-state index in [4.69, 9.17) is 11.6 Å². The Kier molecular flexibility index (Phi) is 6.48. The molecule has 1 heterocycles. The normalized spacial score (nSPS) is 11.9. The standard InChI is InChI=1S/C12H18ClF3N4/c1-3-6-20(4-2)7-5-17-10-8-9(13)18-11(19-10)12(14,15)16/h8H,3-7H2,1-2H3,(H,17,18,19). The van der Waals surface area contributed by atoms with Crippen LogP contribution >= 0.6 is 11.6 Å². The fraction of sp³-hybridized carbons (Fsp3) is 0.667. The van der Waals surface area contributed by atoms with Crippen LogP contribution in [0.25, 0.3) is 0 Å². The molecular weight excluding hydrogens is 293 g/mol. The Morgan fingerprint density at radius 3 is 2.50 bits per heavy atom. The van der Waals surface area contributed by atoms with Crippen LogP contribution in [0.15, 0.2) is 6.07 Å². The largest absolute Gasteiger partial charge is 0.451 e. The van der Waals surface area contributed by atoms with Gasteiger partial charge in [-0.2, -0.15) is 13.2 Å². The highest BCUT2D eigenvalue weighted by molar-refractivity contribution is 6.29. The first-order valence-electron chi connectivity index (χ1n) is 6.44. The Hall–Kier alpha value is -1.08. The lowest BCUT2D eigenvalue weighted by molar-refractivity contribution is -0.144. The smallest absolute Gasteiger partial charge is 0.369 e. The average molecular weight is 311 g/mol. The van der Waals surface area contributed by atoms with Crippen LogP contribution in [0.4, 0.5) is 19.0 Å². The summed E-state index contributed by atoms with van der Waals surface area (Å²) in [4.78, 5) is 8.79. The molecule has 20 heavy (non-hydrogen) atoms. The lowest BCUT2D eigenvalue weighted by atomic mass is 10.4. The topological polar surface area (TPSA) is 41.0 Å². The molecule has 0 spiro atoms. The van der Waals surface area contributed by atoms with Gasteiger partial charge in [0.15, 0.2) is 0 Å². The zero-order chi connectivity index (χ0) is 15.2. The first kappa shape index (κ1) is 17.0. The van der Waals surface area contributed by atoms with Crippen molar-refractivity contribution < 1.29 is 13.2 Å². The van der Waals surface area contributed by atoms with Crippen molar-refractivity contribution in [2.24, 2.45) is 0 Å². The van der Waals surface area contributed by atoms with Gasteiger partial charge < -0.3 is 10.2 Å². The number of nitrogens with one attached hydrogen (secondary N) is 1. The molecule has 0 amide bonds. The van der Waals surface area contributed by atoms with Gasteiger partial charge in [-0.15, -0.1) is 0 Å². The molecule has 1 aromatic heterocycles. The van der Waals surface area contributed by atoms with Crippen molar-refractivity contribution in [2.45, 2.75) is 26.4 Å². The first-order chi connectivity index (χ1) is 9.36. The zero-order valence-electron chi connectivity index (χ0n) is 11.5. The highest BCUT2D eigenvalue weighted by Crippen LogP contribution is 2.28. The number of likely N-dealkylation sites (N-methyl/N-ethyl adjacent to an activating group) is 1. The number of aromatic nitrogens is 2. The molecule has 0 radical (unpaired) electrons. The van der Waals surface area contributed by atoms with Gasteiger partial charge in [-0.25, -0.2) is 9.97 Å². The summed E-state index contributed by atoms with van der Waals surface area (Å²) >= 11 is 5.57. The number of nitrogens with zero attached hydrogens (tertiary/aromatic N) is 3. The number of anilines is 1. The summed E-state index contributed by atoms with van der Waals surface area (Å²) in [5.74, 6) is -1.14. The second-order valence-corrected chi connectivity index (χ2v) is 4.65. The minimum absolute atomic E-state index is 0.0878. The Bertz CT molecular complexity index is 426. The molecule has 0 fully saturated rings.